The van der Waals surface area contributed by atoms with Gasteiger partial charge >= 0.3 is 0 Å². The van der Waals surface area contributed by atoms with E-state index in [4.69, 9.17) is 24.9 Å². The van der Waals surface area contributed by atoms with Crippen LogP contribution in [0.2, 0.25) is 0 Å². The number of aromatic nitrogens is 12. The Labute approximate surface area is 744 Å². The Balaban J connectivity index is 0.000000101. The smallest absolute Gasteiger partial charge is 0.240 e. The van der Waals surface area contributed by atoms with Crippen LogP contribution in [0.4, 0.5) is 0 Å². The van der Waals surface area contributed by atoms with Crippen LogP contribution in [0.1, 0.15) is 0 Å². The minimum Gasteiger partial charge on any atom is -0.309 e. The maximum absolute atomic E-state index is 5.30. The summed E-state index contributed by atoms with van der Waals surface area (Å²) in [5.41, 5.74) is 20.4. The number of rotatable bonds is 8. The average molecular weight is 1680 g/mol. The number of hydrogen-bond donors (Lipinski definition) is 0. The first-order valence-corrected chi connectivity index (χ1v) is 45.1. The highest BCUT2D eigenvalue weighted by Crippen LogP contribution is 2.46. The summed E-state index contributed by atoms with van der Waals surface area (Å²) in [6, 6.07) is 147. The molecule has 0 spiro atoms. The van der Waals surface area contributed by atoms with Gasteiger partial charge in [-0.15, -0.1) is 22.7 Å². The topological polar surface area (TPSA) is 99.0 Å². The summed E-state index contributed by atoms with van der Waals surface area (Å²) in [5, 5.41) is 22.2. The molecule has 602 valence electrons. The molecule has 0 aliphatic carbocycles. The molecule has 129 heavy (non-hydrogen) atoms. The zero-order valence-electron chi connectivity index (χ0n) is 69.1. The van der Waals surface area contributed by atoms with Crippen LogP contribution >= 0.6 is 22.7 Å². The van der Waals surface area contributed by atoms with Crippen molar-refractivity contribution in [2.45, 2.75) is 0 Å². The largest absolute Gasteiger partial charge is 0.309 e. The Kier molecular flexibility index (Phi) is 16.2. The molecular weight excluding hydrogens is 1610 g/mol. The molecule has 17 aromatic carbocycles. The van der Waals surface area contributed by atoms with Crippen LogP contribution in [0, 0.1) is 0 Å². The summed E-state index contributed by atoms with van der Waals surface area (Å²) in [4.78, 5) is 25.8. The van der Waals surface area contributed by atoms with Gasteiger partial charge in [-0.3, -0.25) is 18.3 Å². The van der Waals surface area contributed by atoms with Gasteiger partial charge in [0, 0.05) is 141 Å². The third kappa shape index (κ3) is 11.1. The van der Waals surface area contributed by atoms with Crippen LogP contribution in [-0.2, 0) is 0 Å². The third-order valence-electron chi connectivity index (χ3n) is 26.1. The van der Waals surface area contributed by atoms with E-state index in [9.17, 15) is 0 Å². The Morgan fingerprint density at radius 1 is 0.171 bits per heavy atom. The van der Waals surface area contributed by atoms with Gasteiger partial charge in [0.15, 0.2) is 17.5 Å². The van der Waals surface area contributed by atoms with E-state index in [-0.39, 0.29) is 0 Å². The summed E-state index contributed by atoms with van der Waals surface area (Å²) >= 11 is 3.64. The summed E-state index contributed by atoms with van der Waals surface area (Å²) in [6.07, 6.45) is 3.91. The normalized spacial score (nSPS) is 12.0. The fourth-order valence-electron chi connectivity index (χ4n) is 20.6. The van der Waals surface area contributed by atoms with Gasteiger partial charge in [-0.25, -0.2) is 9.97 Å². The van der Waals surface area contributed by atoms with Gasteiger partial charge in [0.05, 0.1) is 86.6 Å². The number of pyridine rings is 2. The predicted molar refractivity (Wildman–Crippen MR) is 540 cm³/mol. The summed E-state index contributed by atoms with van der Waals surface area (Å²) in [5.74, 6) is 3.71. The van der Waals surface area contributed by atoms with E-state index in [2.05, 4.69) is 444 Å². The molecule has 0 atom stereocenters. The van der Waals surface area contributed by atoms with Crippen molar-refractivity contribution in [3.05, 3.63) is 425 Å². The lowest BCUT2D eigenvalue weighted by molar-refractivity contribution is 0.892. The molecule has 12 aromatic heterocycles. The van der Waals surface area contributed by atoms with Gasteiger partial charge in [0.25, 0.3) is 0 Å². The molecular formula is C115H70N12S2. The number of nitrogens with zero attached hydrogens (tertiary/aromatic N) is 12. The van der Waals surface area contributed by atoms with Crippen LogP contribution in [-0.4, -0.2) is 56.9 Å². The summed E-state index contributed by atoms with van der Waals surface area (Å²) in [7, 11) is 0. The maximum Gasteiger partial charge on any atom is 0.240 e. The molecule has 0 aliphatic heterocycles. The maximum atomic E-state index is 5.30. The number of hydrogen-bond acceptors (Lipinski definition) is 7. The zero-order chi connectivity index (χ0) is 84.5. The van der Waals surface area contributed by atoms with E-state index in [0.29, 0.717) is 17.7 Å². The lowest BCUT2D eigenvalue weighted by Crippen LogP contribution is -2.10. The van der Waals surface area contributed by atoms with Crippen LogP contribution in [0.25, 0.3) is 245 Å². The summed E-state index contributed by atoms with van der Waals surface area (Å²) < 4.78 is 21.1. The molecule has 0 saturated carbocycles. The fourth-order valence-corrected chi connectivity index (χ4v) is 22.9. The van der Waals surface area contributed by atoms with Crippen molar-refractivity contribution in [3.8, 4) is 52.0 Å². The average Bonchev–Trinajstić information content (AvgIpc) is 1.57. The quantitative estimate of drug-likeness (QED) is 0.151. The van der Waals surface area contributed by atoms with Crippen molar-refractivity contribution in [1.82, 2.24) is 56.9 Å². The monoisotopic (exact) mass is 1680 g/mol. The van der Waals surface area contributed by atoms with Gasteiger partial charge in [-0.05, 0) is 146 Å². The molecule has 0 bridgehead atoms. The first-order chi connectivity index (χ1) is 64.0. The van der Waals surface area contributed by atoms with Crippen molar-refractivity contribution in [2.24, 2.45) is 0 Å². The predicted octanol–water partition coefficient (Wildman–Crippen LogP) is 30.1. The van der Waals surface area contributed by atoms with Crippen molar-refractivity contribution in [1.29, 1.82) is 0 Å². The number of benzene rings is 17. The Hall–Kier alpha value is -16.9. The second-order valence-corrected chi connectivity index (χ2v) is 35.1. The summed E-state index contributed by atoms with van der Waals surface area (Å²) in [6.45, 7) is 0. The molecule has 0 amide bonds. The molecule has 14 heteroatoms. The minimum atomic E-state index is 0.566. The molecule has 0 N–H and O–H groups in total. The Morgan fingerprint density at radius 3 is 0.791 bits per heavy atom. The first kappa shape index (κ1) is 72.5. The minimum absolute atomic E-state index is 0.566. The first-order valence-electron chi connectivity index (χ1n) is 43.4. The second kappa shape index (κ2) is 28.8. The van der Waals surface area contributed by atoms with E-state index in [1.54, 1.807) is 0 Å². The lowest BCUT2D eigenvalue weighted by atomic mass is 10.1. The third-order valence-corrected chi connectivity index (χ3v) is 28.4. The molecule has 0 unspecified atom stereocenters. The molecule has 0 fully saturated rings. The van der Waals surface area contributed by atoms with Gasteiger partial charge in [-0.1, -0.05) is 267 Å². The Bertz CT molecular complexity index is 9270. The molecule has 29 aromatic rings. The van der Waals surface area contributed by atoms with E-state index in [1.807, 2.05) is 35.1 Å². The lowest BCUT2D eigenvalue weighted by Gasteiger charge is -2.13. The highest BCUT2D eigenvalue weighted by Gasteiger charge is 2.26. The fraction of sp³-hybridized carbons (Fsp3) is 0. The van der Waals surface area contributed by atoms with Gasteiger partial charge < -0.3 is 13.7 Å². The van der Waals surface area contributed by atoms with Crippen LogP contribution in [0.5, 0.6) is 0 Å². The van der Waals surface area contributed by atoms with E-state index < -0.39 is 0 Å². The van der Waals surface area contributed by atoms with Crippen molar-refractivity contribution in [3.63, 3.8) is 0 Å². The number of fused-ring (bicyclic) bond motifs is 27. The van der Waals surface area contributed by atoms with E-state index >= 15 is 0 Å². The van der Waals surface area contributed by atoms with Crippen molar-refractivity contribution >= 4 is 216 Å². The van der Waals surface area contributed by atoms with Gasteiger partial charge in [-0.2, -0.15) is 15.0 Å². The number of para-hydroxylation sites is 13. The van der Waals surface area contributed by atoms with Gasteiger partial charge in [0.2, 0.25) is 11.9 Å². The standard InChI is InChI=1S/C45H28N6.2C35H21N3S/c1-7-22-37-31(16-1)32-17-2-8-23-38(32)49(37)30-15-13-14-29(28-30)43-46-44(50-39-24-9-3-18-33(39)34-19-4-10-25-40(34)50)48-45(47-43)51-41-26-11-5-20-35(41)36-21-6-12-27-42(36)51;1-5-13-29-23(9-1)24-10-2-6-14-30(24)37(29)22-17-18-32-28(21-22)25-11-3-7-15-31(25)38(32)35-34-27(19-20-36-35)26-12-4-8-16-33(26)39-34;1-5-13-29-23(9-1)24-10-2-6-14-30(24)37(29)22-17-18-33-28(21-22)27-19-20-36-35(34(27)39-33)38-31-15-7-3-11-25(31)26-12-4-8-16-32(26)38/h1-28H;2*1-21H. The molecule has 0 aliphatic rings. The van der Waals surface area contributed by atoms with Crippen molar-refractivity contribution < 1.29 is 0 Å². The van der Waals surface area contributed by atoms with E-state index in [0.717, 1.165) is 88.7 Å². The van der Waals surface area contributed by atoms with E-state index in [1.165, 1.54) is 139 Å². The highest BCUT2D eigenvalue weighted by atomic mass is 32.1. The number of thiophene rings is 2. The molecule has 0 radical (unpaired) electrons. The SMILES string of the molecule is c1cc(-c2nc(-n3c4ccccc4c4ccccc43)nc(-n3c4ccccc4c4ccccc43)n2)cc(-n2c3ccccc3c3ccccc32)c1.c1ccc2c(c1)c1ccccc1n2-c1ccc2sc3c(-n4c5ccccc5c5ccccc54)nccc3c2c1.c1ccc2c(c1)sc1c(-n3c4ccccc4c4cc(-n5c6ccccc6c6ccccc65)ccc43)nccc12. The molecule has 12 heterocycles. The molecule has 29 rings (SSSR count). The Morgan fingerprint density at radius 2 is 0.434 bits per heavy atom. The van der Waals surface area contributed by atoms with Crippen LogP contribution in [0.15, 0.2) is 425 Å². The van der Waals surface area contributed by atoms with Gasteiger partial charge in [0.1, 0.15) is 0 Å². The zero-order valence-corrected chi connectivity index (χ0v) is 70.7. The highest BCUT2D eigenvalue weighted by molar-refractivity contribution is 7.26. The van der Waals surface area contributed by atoms with Crippen LogP contribution in [0.3, 0.4) is 0 Å². The molecule has 12 nitrogen and oxygen atoms in total. The second-order valence-electron chi connectivity index (χ2n) is 33.0. The van der Waals surface area contributed by atoms with Crippen molar-refractivity contribution in [2.75, 3.05) is 0 Å². The molecule has 0 saturated heterocycles. The van der Waals surface area contributed by atoms with Crippen LogP contribution < -0.4 is 0 Å².